The summed E-state index contributed by atoms with van der Waals surface area (Å²) in [5.41, 5.74) is 0.572. The molecule has 0 aliphatic rings. The van der Waals surface area contributed by atoms with Gasteiger partial charge in [0.1, 0.15) is 5.15 Å². The minimum atomic E-state index is -0.514. The summed E-state index contributed by atoms with van der Waals surface area (Å²) in [5, 5.41) is 13.9. The molecular formula is C12H14ClN3O3. The van der Waals surface area contributed by atoms with E-state index in [2.05, 4.69) is 10.3 Å². The number of methoxy groups -OCH3 is 1. The van der Waals surface area contributed by atoms with Gasteiger partial charge in [0.15, 0.2) is 0 Å². The molecule has 102 valence electrons. The van der Waals surface area contributed by atoms with Gasteiger partial charge >= 0.3 is 5.69 Å². The van der Waals surface area contributed by atoms with Crippen LogP contribution in [-0.2, 0) is 4.74 Å². The highest BCUT2D eigenvalue weighted by molar-refractivity contribution is 6.29. The van der Waals surface area contributed by atoms with Crippen LogP contribution in [0, 0.1) is 10.1 Å². The number of allylic oxidation sites excluding steroid dienone is 3. The van der Waals surface area contributed by atoms with Crippen molar-refractivity contribution in [1.29, 1.82) is 0 Å². The molecule has 0 aromatic carbocycles. The molecule has 0 unspecified atom stereocenters. The van der Waals surface area contributed by atoms with Gasteiger partial charge < -0.3 is 10.1 Å². The number of hydrogen-bond acceptors (Lipinski definition) is 5. The lowest BCUT2D eigenvalue weighted by atomic mass is 10.3. The maximum absolute atomic E-state index is 10.8. The Hall–Kier alpha value is -1.92. The second-order valence-electron chi connectivity index (χ2n) is 3.62. The topological polar surface area (TPSA) is 77.3 Å². The third-order valence-electron chi connectivity index (χ3n) is 2.10. The van der Waals surface area contributed by atoms with Gasteiger partial charge in [-0.2, -0.15) is 0 Å². The monoisotopic (exact) mass is 283 g/mol. The highest BCUT2D eigenvalue weighted by Crippen LogP contribution is 2.24. The average molecular weight is 284 g/mol. The van der Waals surface area contributed by atoms with Crippen molar-refractivity contribution in [2.24, 2.45) is 0 Å². The Labute approximate surface area is 115 Å². The minimum absolute atomic E-state index is 0.117. The van der Waals surface area contributed by atoms with Crippen molar-refractivity contribution in [3.8, 4) is 0 Å². The van der Waals surface area contributed by atoms with Crippen molar-refractivity contribution in [1.82, 2.24) is 4.98 Å². The number of ether oxygens (including phenoxy) is 1. The van der Waals surface area contributed by atoms with Crippen LogP contribution in [0.15, 0.2) is 36.1 Å². The average Bonchev–Trinajstić information content (AvgIpc) is 2.34. The molecule has 1 heterocycles. The first kappa shape index (κ1) is 15.1. The Bertz CT molecular complexity index is 515. The SMILES string of the molecule is COC/C=C/C=C(\C)Nc1nc(Cl)ccc1[N+](=O)[O-]. The molecule has 1 N–H and O–H groups in total. The Balaban J connectivity index is 2.86. The minimum Gasteiger partial charge on any atom is -0.381 e. The number of pyridine rings is 1. The summed E-state index contributed by atoms with van der Waals surface area (Å²) in [7, 11) is 1.60. The standard InChI is InChI=1S/C12H14ClN3O3/c1-9(5-3-4-8-19-2)14-12-10(16(17)18)6-7-11(13)15-12/h3-7H,8H2,1-2H3,(H,14,15)/b4-3+,9-5+. The van der Waals surface area contributed by atoms with E-state index in [1.165, 1.54) is 12.1 Å². The van der Waals surface area contributed by atoms with Crippen LogP contribution in [0.2, 0.25) is 5.15 Å². The first-order valence-electron chi connectivity index (χ1n) is 5.45. The van der Waals surface area contributed by atoms with Gasteiger partial charge in [0, 0.05) is 18.9 Å². The fourth-order valence-corrected chi connectivity index (χ4v) is 1.41. The molecule has 0 spiro atoms. The molecule has 7 heteroatoms. The number of anilines is 1. The lowest BCUT2D eigenvalue weighted by Gasteiger charge is -2.05. The quantitative estimate of drug-likeness (QED) is 0.375. The Kier molecular flexibility index (Phi) is 5.98. The fraction of sp³-hybridized carbons (Fsp3) is 0.250. The third kappa shape index (κ3) is 5.07. The van der Waals surface area contributed by atoms with Crippen LogP contribution in [0.3, 0.4) is 0 Å². The number of nitro groups is 1. The van der Waals surface area contributed by atoms with E-state index in [0.717, 1.165) is 0 Å². The van der Waals surface area contributed by atoms with Gasteiger partial charge in [-0.25, -0.2) is 4.98 Å². The van der Waals surface area contributed by atoms with Gasteiger partial charge in [-0.05, 0) is 19.1 Å². The number of halogens is 1. The summed E-state index contributed by atoms with van der Waals surface area (Å²) in [5.74, 6) is 0.117. The van der Waals surface area contributed by atoms with Gasteiger partial charge in [0.2, 0.25) is 5.82 Å². The molecular weight excluding hydrogens is 270 g/mol. The Morgan fingerprint density at radius 1 is 1.63 bits per heavy atom. The largest absolute Gasteiger partial charge is 0.381 e. The molecule has 0 saturated heterocycles. The molecule has 0 bridgehead atoms. The van der Waals surface area contributed by atoms with Gasteiger partial charge in [0.25, 0.3) is 0 Å². The molecule has 1 rings (SSSR count). The third-order valence-corrected chi connectivity index (χ3v) is 2.31. The fourth-order valence-electron chi connectivity index (χ4n) is 1.26. The lowest BCUT2D eigenvalue weighted by Crippen LogP contribution is -2.02. The molecule has 1 aromatic heterocycles. The Morgan fingerprint density at radius 3 is 3.00 bits per heavy atom. The molecule has 0 aliphatic heterocycles. The summed E-state index contributed by atoms with van der Waals surface area (Å²) in [6.45, 7) is 2.27. The Morgan fingerprint density at radius 2 is 2.37 bits per heavy atom. The van der Waals surface area contributed by atoms with Crippen molar-refractivity contribution in [2.45, 2.75) is 6.92 Å². The second-order valence-corrected chi connectivity index (χ2v) is 4.00. The maximum atomic E-state index is 10.8. The first-order valence-corrected chi connectivity index (χ1v) is 5.82. The smallest absolute Gasteiger partial charge is 0.311 e. The predicted octanol–water partition coefficient (Wildman–Crippen LogP) is 3.16. The zero-order valence-electron chi connectivity index (χ0n) is 10.6. The molecule has 19 heavy (non-hydrogen) atoms. The number of aromatic nitrogens is 1. The highest BCUT2D eigenvalue weighted by atomic mass is 35.5. The van der Waals surface area contributed by atoms with Gasteiger partial charge in [-0.15, -0.1) is 0 Å². The van der Waals surface area contributed by atoms with E-state index in [1.54, 1.807) is 26.2 Å². The molecule has 0 atom stereocenters. The second kappa shape index (κ2) is 7.50. The summed E-state index contributed by atoms with van der Waals surface area (Å²) in [4.78, 5) is 14.2. The van der Waals surface area contributed by atoms with Gasteiger partial charge in [0.05, 0.1) is 11.5 Å². The van der Waals surface area contributed by atoms with Gasteiger partial charge in [-0.1, -0.05) is 23.8 Å². The molecule has 1 aromatic rings. The summed E-state index contributed by atoms with van der Waals surface area (Å²) < 4.78 is 4.85. The molecule has 0 saturated carbocycles. The van der Waals surface area contributed by atoms with E-state index in [1.807, 2.05) is 6.08 Å². The zero-order chi connectivity index (χ0) is 14.3. The number of hydrogen-bond donors (Lipinski definition) is 1. The van der Waals surface area contributed by atoms with Crippen molar-refractivity contribution < 1.29 is 9.66 Å². The van der Waals surface area contributed by atoms with E-state index in [4.69, 9.17) is 16.3 Å². The number of nitrogens with zero attached hydrogens (tertiary/aromatic N) is 2. The summed E-state index contributed by atoms with van der Waals surface area (Å²) in [6, 6.07) is 2.69. The van der Waals surface area contributed by atoms with Crippen LogP contribution >= 0.6 is 11.6 Å². The van der Waals surface area contributed by atoms with E-state index >= 15 is 0 Å². The normalized spacial score (nSPS) is 11.8. The molecule has 0 aliphatic carbocycles. The maximum Gasteiger partial charge on any atom is 0.311 e. The molecule has 0 radical (unpaired) electrons. The van der Waals surface area contributed by atoms with Crippen LogP contribution in [0.1, 0.15) is 6.92 Å². The summed E-state index contributed by atoms with van der Waals surface area (Å²) in [6.07, 6.45) is 5.35. The molecule has 0 fully saturated rings. The van der Waals surface area contributed by atoms with Crippen LogP contribution in [-0.4, -0.2) is 23.6 Å². The van der Waals surface area contributed by atoms with E-state index in [-0.39, 0.29) is 16.7 Å². The van der Waals surface area contributed by atoms with Crippen LogP contribution < -0.4 is 5.32 Å². The predicted molar refractivity (Wildman–Crippen MR) is 74.3 cm³/mol. The first-order chi connectivity index (χ1) is 9.04. The van der Waals surface area contributed by atoms with E-state index in [9.17, 15) is 10.1 Å². The lowest BCUT2D eigenvalue weighted by molar-refractivity contribution is -0.384. The highest BCUT2D eigenvalue weighted by Gasteiger charge is 2.15. The number of rotatable bonds is 6. The van der Waals surface area contributed by atoms with Crippen LogP contribution in [0.4, 0.5) is 11.5 Å². The van der Waals surface area contributed by atoms with Crippen LogP contribution in [0.25, 0.3) is 0 Å². The van der Waals surface area contributed by atoms with E-state index < -0.39 is 4.92 Å². The molecule has 6 nitrogen and oxygen atoms in total. The van der Waals surface area contributed by atoms with Crippen molar-refractivity contribution in [2.75, 3.05) is 19.0 Å². The van der Waals surface area contributed by atoms with Crippen LogP contribution in [0.5, 0.6) is 0 Å². The van der Waals surface area contributed by atoms with Crippen molar-refractivity contribution >= 4 is 23.1 Å². The molecule has 0 amide bonds. The summed E-state index contributed by atoms with van der Waals surface area (Å²) >= 11 is 5.73. The van der Waals surface area contributed by atoms with Crippen molar-refractivity contribution in [3.63, 3.8) is 0 Å². The number of nitrogens with one attached hydrogen (secondary N) is 1. The zero-order valence-corrected chi connectivity index (χ0v) is 11.3. The van der Waals surface area contributed by atoms with Crippen molar-refractivity contribution in [3.05, 3.63) is 51.3 Å². The van der Waals surface area contributed by atoms with Gasteiger partial charge in [-0.3, -0.25) is 10.1 Å². The van der Waals surface area contributed by atoms with E-state index in [0.29, 0.717) is 12.3 Å².